The van der Waals surface area contributed by atoms with E-state index in [0.717, 1.165) is 11.2 Å². The molecule has 0 bridgehead atoms. The van der Waals surface area contributed by atoms with Crippen molar-refractivity contribution in [1.29, 1.82) is 0 Å². The Bertz CT molecular complexity index is 510. The number of carbonyl (C=O) groups is 1. The Labute approximate surface area is 111 Å². The molecule has 1 atom stereocenters. The van der Waals surface area contributed by atoms with Crippen molar-refractivity contribution < 1.29 is 18.3 Å². The standard InChI is InChI=1S/C11H15NO4S2/c1-12-10(11(13)14)7-17-8-3-5-9(6-4-8)18(2,15)16/h3-6,10,12H,7H2,1-2H3,(H,13,14). The van der Waals surface area contributed by atoms with Crippen LogP contribution < -0.4 is 5.32 Å². The maximum atomic E-state index is 11.3. The SMILES string of the molecule is CNC(CSc1ccc(S(C)(=O)=O)cc1)C(=O)O. The normalized spacial score (nSPS) is 13.2. The molecule has 0 saturated carbocycles. The molecule has 0 heterocycles. The van der Waals surface area contributed by atoms with Crippen molar-refractivity contribution in [2.45, 2.75) is 15.8 Å². The molecule has 0 radical (unpaired) electrons. The molecule has 0 amide bonds. The predicted octanol–water partition coefficient (Wildman–Crippen LogP) is 0.855. The number of likely N-dealkylation sites (N-methyl/N-ethyl adjacent to an activating group) is 1. The van der Waals surface area contributed by atoms with E-state index in [2.05, 4.69) is 5.32 Å². The number of carboxylic acid groups (broad SMARTS) is 1. The van der Waals surface area contributed by atoms with Crippen LogP contribution in [0.1, 0.15) is 0 Å². The number of carboxylic acids is 1. The molecule has 0 aromatic heterocycles. The van der Waals surface area contributed by atoms with E-state index in [1.54, 1.807) is 19.2 Å². The number of hydrogen-bond acceptors (Lipinski definition) is 5. The Morgan fingerprint density at radius 2 is 1.94 bits per heavy atom. The van der Waals surface area contributed by atoms with Crippen LogP contribution in [-0.4, -0.2) is 44.6 Å². The third-order valence-corrected chi connectivity index (χ3v) is 4.55. The van der Waals surface area contributed by atoms with Gasteiger partial charge in [-0.3, -0.25) is 4.79 Å². The van der Waals surface area contributed by atoms with Crippen molar-refractivity contribution in [3.8, 4) is 0 Å². The van der Waals surface area contributed by atoms with Crippen LogP contribution in [0.3, 0.4) is 0 Å². The van der Waals surface area contributed by atoms with E-state index in [1.165, 1.54) is 23.9 Å². The highest BCUT2D eigenvalue weighted by atomic mass is 32.2. The predicted molar refractivity (Wildman–Crippen MR) is 70.8 cm³/mol. The van der Waals surface area contributed by atoms with Gasteiger partial charge in [0.15, 0.2) is 9.84 Å². The van der Waals surface area contributed by atoms with Gasteiger partial charge in [-0.25, -0.2) is 8.42 Å². The van der Waals surface area contributed by atoms with Crippen LogP contribution in [0.4, 0.5) is 0 Å². The second-order valence-corrected chi connectivity index (χ2v) is 6.84. The summed E-state index contributed by atoms with van der Waals surface area (Å²) in [6.07, 6.45) is 1.15. The molecule has 1 aromatic carbocycles. The van der Waals surface area contributed by atoms with E-state index in [0.29, 0.717) is 5.75 Å². The van der Waals surface area contributed by atoms with Crippen molar-refractivity contribution in [1.82, 2.24) is 5.32 Å². The first-order valence-electron chi connectivity index (χ1n) is 5.17. The number of hydrogen-bond donors (Lipinski definition) is 2. The van der Waals surface area contributed by atoms with Crippen LogP contribution in [-0.2, 0) is 14.6 Å². The summed E-state index contributed by atoms with van der Waals surface area (Å²) in [7, 11) is -1.60. The van der Waals surface area contributed by atoms with E-state index in [1.807, 2.05) is 0 Å². The average molecular weight is 289 g/mol. The lowest BCUT2D eigenvalue weighted by Gasteiger charge is -2.10. The van der Waals surface area contributed by atoms with E-state index in [4.69, 9.17) is 5.11 Å². The Kier molecular flexibility index (Phi) is 5.18. The van der Waals surface area contributed by atoms with Gasteiger partial charge in [0, 0.05) is 16.9 Å². The summed E-state index contributed by atoms with van der Waals surface area (Å²) in [5.41, 5.74) is 0. The highest BCUT2D eigenvalue weighted by molar-refractivity contribution is 7.99. The topological polar surface area (TPSA) is 83.5 Å². The lowest BCUT2D eigenvalue weighted by molar-refractivity contribution is -0.138. The smallest absolute Gasteiger partial charge is 0.321 e. The van der Waals surface area contributed by atoms with E-state index in [9.17, 15) is 13.2 Å². The highest BCUT2D eigenvalue weighted by Crippen LogP contribution is 2.21. The third-order valence-electron chi connectivity index (χ3n) is 2.32. The van der Waals surface area contributed by atoms with Gasteiger partial charge in [0.2, 0.25) is 0 Å². The minimum Gasteiger partial charge on any atom is -0.480 e. The zero-order chi connectivity index (χ0) is 13.8. The summed E-state index contributed by atoms with van der Waals surface area (Å²) in [4.78, 5) is 11.9. The fourth-order valence-corrected chi connectivity index (χ4v) is 2.87. The second kappa shape index (κ2) is 6.21. The summed E-state index contributed by atoms with van der Waals surface area (Å²) in [6, 6.07) is 5.77. The van der Waals surface area contributed by atoms with Crippen LogP contribution in [0, 0.1) is 0 Å². The number of aliphatic carboxylic acids is 1. The van der Waals surface area contributed by atoms with Gasteiger partial charge in [-0.05, 0) is 31.3 Å². The van der Waals surface area contributed by atoms with Crippen LogP contribution in [0.25, 0.3) is 0 Å². The summed E-state index contributed by atoms with van der Waals surface area (Å²) in [5, 5.41) is 11.5. The Hall–Kier alpha value is -1.05. The minimum absolute atomic E-state index is 0.259. The quantitative estimate of drug-likeness (QED) is 0.756. The lowest BCUT2D eigenvalue weighted by atomic mass is 10.3. The molecule has 1 unspecified atom stereocenters. The molecule has 100 valence electrons. The molecule has 0 spiro atoms. The van der Waals surface area contributed by atoms with Crippen molar-refractivity contribution in [3.05, 3.63) is 24.3 Å². The first kappa shape index (κ1) is 15.0. The fraction of sp³-hybridized carbons (Fsp3) is 0.364. The van der Waals surface area contributed by atoms with Crippen molar-refractivity contribution in [3.63, 3.8) is 0 Å². The molecule has 1 rings (SSSR count). The van der Waals surface area contributed by atoms with Gasteiger partial charge in [-0.1, -0.05) is 0 Å². The maximum Gasteiger partial charge on any atom is 0.321 e. The molecular weight excluding hydrogens is 274 g/mol. The molecular formula is C11H15NO4S2. The zero-order valence-electron chi connectivity index (χ0n) is 10.1. The second-order valence-electron chi connectivity index (χ2n) is 3.73. The van der Waals surface area contributed by atoms with Crippen LogP contribution in [0.15, 0.2) is 34.1 Å². The first-order valence-corrected chi connectivity index (χ1v) is 8.05. The van der Waals surface area contributed by atoms with Gasteiger partial charge in [-0.15, -0.1) is 11.8 Å². The van der Waals surface area contributed by atoms with Gasteiger partial charge in [0.25, 0.3) is 0 Å². The molecule has 2 N–H and O–H groups in total. The number of rotatable bonds is 6. The Morgan fingerprint density at radius 3 is 2.33 bits per heavy atom. The number of benzene rings is 1. The zero-order valence-corrected chi connectivity index (χ0v) is 11.7. The van der Waals surface area contributed by atoms with Crippen LogP contribution in [0.5, 0.6) is 0 Å². The van der Waals surface area contributed by atoms with Crippen molar-refractivity contribution in [2.24, 2.45) is 0 Å². The summed E-state index contributed by atoms with van der Waals surface area (Å²) in [5.74, 6) is -0.526. The van der Waals surface area contributed by atoms with Crippen molar-refractivity contribution >= 4 is 27.6 Å². The van der Waals surface area contributed by atoms with Crippen molar-refractivity contribution in [2.75, 3.05) is 19.1 Å². The molecule has 1 aromatic rings. The number of nitrogens with one attached hydrogen (secondary N) is 1. The van der Waals surface area contributed by atoms with Crippen LogP contribution in [0.2, 0.25) is 0 Å². The summed E-state index contributed by atoms with van der Waals surface area (Å²) in [6.45, 7) is 0. The molecule has 0 aliphatic carbocycles. The van der Waals surface area contributed by atoms with Crippen LogP contribution >= 0.6 is 11.8 Å². The molecule has 5 nitrogen and oxygen atoms in total. The largest absolute Gasteiger partial charge is 0.480 e. The minimum atomic E-state index is -3.18. The Balaban J connectivity index is 2.67. The highest BCUT2D eigenvalue weighted by Gasteiger charge is 2.15. The monoisotopic (exact) mass is 289 g/mol. The van der Waals surface area contributed by atoms with E-state index in [-0.39, 0.29) is 4.90 Å². The molecule has 0 fully saturated rings. The molecule has 0 aliphatic rings. The Morgan fingerprint density at radius 1 is 1.39 bits per heavy atom. The third kappa shape index (κ3) is 4.32. The number of sulfone groups is 1. The summed E-state index contributed by atoms with van der Waals surface area (Å²) >= 11 is 1.36. The number of thioether (sulfide) groups is 1. The molecule has 7 heteroatoms. The van der Waals surface area contributed by atoms with E-state index >= 15 is 0 Å². The molecule has 0 aliphatic heterocycles. The van der Waals surface area contributed by atoms with Gasteiger partial charge in [0.05, 0.1) is 4.90 Å². The van der Waals surface area contributed by atoms with E-state index < -0.39 is 21.8 Å². The van der Waals surface area contributed by atoms with Gasteiger partial charge < -0.3 is 10.4 Å². The molecule has 18 heavy (non-hydrogen) atoms. The average Bonchev–Trinajstić information content (AvgIpc) is 2.29. The van der Waals surface area contributed by atoms with Gasteiger partial charge >= 0.3 is 5.97 Å². The first-order chi connectivity index (χ1) is 8.34. The van der Waals surface area contributed by atoms with Gasteiger partial charge in [-0.2, -0.15) is 0 Å². The summed E-state index contributed by atoms with van der Waals surface area (Å²) < 4.78 is 22.5. The van der Waals surface area contributed by atoms with Gasteiger partial charge in [0.1, 0.15) is 6.04 Å². The molecule has 0 saturated heterocycles. The lowest BCUT2D eigenvalue weighted by Crippen LogP contribution is -2.35. The fourth-order valence-electron chi connectivity index (χ4n) is 1.24. The maximum absolute atomic E-state index is 11.3.